The molecule has 0 unspecified atom stereocenters. The van der Waals surface area contributed by atoms with Crippen molar-refractivity contribution < 1.29 is 14.3 Å². The standard InChI is InChI=1S/C27H32N2O3/c1-19(2)15-26(30)29-24-9-6-8-23(16-24)28-17-22-7-5-10-25(31-4)27(22)32-18-21-13-11-20(3)12-14-21/h5-14,16,19,28H,15,17-18H2,1-4H3,(H,29,30). The van der Waals surface area contributed by atoms with Gasteiger partial charge in [0.2, 0.25) is 5.91 Å². The summed E-state index contributed by atoms with van der Waals surface area (Å²) in [6.07, 6.45) is 0.503. The molecule has 3 aromatic rings. The van der Waals surface area contributed by atoms with Gasteiger partial charge in [0.15, 0.2) is 11.5 Å². The molecule has 0 bridgehead atoms. The van der Waals surface area contributed by atoms with E-state index in [0.29, 0.717) is 31.2 Å². The van der Waals surface area contributed by atoms with Crippen molar-refractivity contribution in [3.05, 3.63) is 83.4 Å². The molecular formula is C27H32N2O3. The fraction of sp³-hybridized carbons (Fsp3) is 0.296. The molecule has 0 heterocycles. The number of anilines is 2. The van der Waals surface area contributed by atoms with Crippen LogP contribution in [-0.4, -0.2) is 13.0 Å². The largest absolute Gasteiger partial charge is 0.493 e. The Morgan fingerprint density at radius 2 is 1.69 bits per heavy atom. The van der Waals surface area contributed by atoms with E-state index in [9.17, 15) is 4.79 Å². The lowest BCUT2D eigenvalue weighted by molar-refractivity contribution is -0.116. The van der Waals surface area contributed by atoms with E-state index in [2.05, 4.69) is 41.8 Å². The molecule has 0 aliphatic heterocycles. The van der Waals surface area contributed by atoms with Gasteiger partial charge in [0.25, 0.3) is 0 Å². The summed E-state index contributed by atoms with van der Waals surface area (Å²) in [5.41, 5.74) is 5.01. The summed E-state index contributed by atoms with van der Waals surface area (Å²) in [4.78, 5) is 12.1. The third-order valence-corrected chi connectivity index (χ3v) is 5.01. The zero-order valence-electron chi connectivity index (χ0n) is 19.3. The Hall–Kier alpha value is -3.47. The van der Waals surface area contributed by atoms with Crippen LogP contribution >= 0.6 is 0 Å². The van der Waals surface area contributed by atoms with E-state index in [0.717, 1.165) is 28.3 Å². The maximum Gasteiger partial charge on any atom is 0.224 e. The number of benzene rings is 3. The lowest BCUT2D eigenvalue weighted by Crippen LogP contribution is -2.14. The summed E-state index contributed by atoms with van der Waals surface area (Å²) in [5, 5.41) is 6.39. The van der Waals surface area contributed by atoms with Crippen LogP contribution in [0.1, 0.15) is 37.0 Å². The summed E-state index contributed by atoms with van der Waals surface area (Å²) < 4.78 is 11.7. The van der Waals surface area contributed by atoms with Gasteiger partial charge in [-0.2, -0.15) is 0 Å². The molecular weight excluding hydrogens is 400 g/mol. The van der Waals surface area contributed by atoms with Gasteiger partial charge in [-0.1, -0.05) is 61.9 Å². The van der Waals surface area contributed by atoms with Crippen molar-refractivity contribution in [2.24, 2.45) is 5.92 Å². The topological polar surface area (TPSA) is 59.6 Å². The summed E-state index contributed by atoms with van der Waals surface area (Å²) in [7, 11) is 1.65. The number of amides is 1. The Balaban J connectivity index is 1.69. The zero-order chi connectivity index (χ0) is 22.9. The minimum atomic E-state index is 0.0248. The van der Waals surface area contributed by atoms with Crippen molar-refractivity contribution in [1.82, 2.24) is 0 Å². The molecule has 3 rings (SSSR count). The fourth-order valence-electron chi connectivity index (χ4n) is 3.35. The molecule has 0 aliphatic rings. The van der Waals surface area contributed by atoms with Crippen LogP contribution in [0.2, 0.25) is 0 Å². The van der Waals surface area contributed by atoms with E-state index >= 15 is 0 Å². The average Bonchev–Trinajstić information content (AvgIpc) is 2.77. The van der Waals surface area contributed by atoms with Crippen LogP contribution in [0.5, 0.6) is 11.5 Å². The summed E-state index contributed by atoms with van der Waals surface area (Å²) in [5.74, 6) is 1.77. The van der Waals surface area contributed by atoms with Crippen molar-refractivity contribution in [3.63, 3.8) is 0 Å². The molecule has 0 atom stereocenters. The van der Waals surface area contributed by atoms with Gasteiger partial charge in [-0.05, 0) is 42.7 Å². The molecule has 3 aromatic carbocycles. The molecule has 0 radical (unpaired) electrons. The highest BCUT2D eigenvalue weighted by Crippen LogP contribution is 2.32. The van der Waals surface area contributed by atoms with Gasteiger partial charge in [0.1, 0.15) is 6.61 Å². The quantitative estimate of drug-likeness (QED) is 0.402. The van der Waals surface area contributed by atoms with Gasteiger partial charge in [-0.3, -0.25) is 4.79 Å². The first-order chi connectivity index (χ1) is 15.4. The van der Waals surface area contributed by atoms with Crippen molar-refractivity contribution in [2.75, 3.05) is 17.7 Å². The number of carbonyl (C=O) groups is 1. The highest BCUT2D eigenvalue weighted by atomic mass is 16.5. The third kappa shape index (κ3) is 6.77. The van der Waals surface area contributed by atoms with Gasteiger partial charge in [0.05, 0.1) is 7.11 Å². The second-order valence-corrected chi connectivity index (χ2v) is 8.30. The highest BCUT2D eigenvalue weighted by molar-refractivity contribution is 5.91. The maximum atomic E-state index is 12.1. The van der Waals surface area contributed by atoms with Crippen LogP contribution in [0, 0.1) is 12.8 Å². The van der Waals surface area contributed by atoms with Crippen LogP contribution in [-0.2, 0) is 17.9 Å². The number of methoxy groups -OCH3 is 1. The normalized spacial score (nSPS) is 10.7. The van der Waals surface area contributed by atoms with E-state index in [-0.39, 0.29) is 5.91 Å². The van der Waals surface area contributed by atoms with Crippen LogP contribution in [0.15, 0.2) is 66.7 Å². The minimum absolute atomic E-state index is 0.0248. The average molecular weight is 433 g/mol. The molecule has 0 aromatic heterocycles. The van der Waals surface area contributed by atoms with Crippen molar-refractivity contribution >= 4 is 17.3 Å². The second kappa shape index (κ2) is 11.2. The fourth-order valence-corrected chi connectivity index (χ4v) is 3.35. The van der Waals surface area contributed by atoms with Crippen molar-refractivity contribution in [1.29, 1.82) is 0 Å². The van der Waals surface area contributed by atoms with Gasteiger partial charge >= 0.3 is 0 Å². The molecule has 0 spiro atoms. The molecule has 0 saturated carbocycles. The van der Waals surface area contributed by atoms with Crippen molar-refractivity contribution in [3.8, 4) is 11.5 Å². The molecule has 5 nitrogen and oxygen atoms in total. The number of para-hydroxylation sites is 1. The van der Waals surface area contributed by atoms with E-state index in [1.807, 2.05) is 56.3 Å². The monoisotopic (exact) mass is 432 g/mol. The summed E-state index contributed by atoms with van der Waals surface area (Å²) in [6.45, 7) is 7.16. The van der Waals surface area contributed by atoms with Crippen molar-refractivity contribution in [2.45, 2.75) is 40.3 Å². The Labute approximate surface area is 190 Å². The Morgan fingerprint density at radius 3 is 2.41 bits per heavy atom. The minimum Gasteiger partial charge on any atom is -0.493 e. The zero-order valence-corrected chi connectivity index (χ0v) is 19.3. The Bertz CT molecular complexity index is 1030. The van der Waals surface area contributed by atoms with Crippen LogP contribution in [0.4, 0.5) is 11.4 Å². The first-order valence-corrected chi connectivity index (χ1v) is 10.9. The third-order valence-electron chi connectivity index (χ3n) is 5.01. The molecule has 1 amide bonds. The van der Waals surface area contributed by atoms with Gasteiger partial charge in [-0.15, -0.1) is 0 Å². The molecule has 5 heteroatoms. The molecule has 32 heavy (non-hydrogen) atoms. The lowest BCUT2D eigenvalue weighted by atomic mass is 10.1. The van der Waals surface area contributed by atoms with Gasteiger partial charge in [-0.25, -0.2) is 0 Å². The molecule has 0 saturated heterocycles. The maximum absolute atomic E-state index is 12.1. The first-order valence-electron chi connectivity index (χ1n) is 10.9. The molecule has 0 fully saturated rings. The number of aryl methyl sites for hydroxylation is 1. The predicted octanol–water partition coefficient (Wildman–Crippen LogP) is 6.18. The Morgan fingerprint density at radius 1 is 0.969 bits per heavy atom. The number of ether oxygens (including phenoxy) is 2. The van der Waals surface area contributed by atoms with E-state index in [1.165, 1.54) is 5.56 Å². The SMILES string of the molecule is COc1cccc(CNc2cccc(NC(=O)CC(C)C)c2)c1OCc1ccc(C)cc1. The van der Waals surface area contributed by atoms with Crippen LogP contribution in [0.3, 0.4) is 0 Å². The van der Waals surface area contributed by atoms with E-state index in [1.54, 1.807) is 7.11 Å². The summed E-state index contributed by atoms with van der Waals surface area (Å²) in [6, 6.07) is 21.9. The number of hydrogen-bond acceptors (Lipinski definition) is 4. The summed E-state index contributed by atoms with van der Waals surface area (Å²) >= 11 is 0. The van der Waals surface area contributed by atoms with E-state index in [4.69, 9.17) is 9.47 Å². The highest BCUT2D eigenvalue weighted by Gasteiger charge is 2.12. The Kier molecular flexibility index (Phi) is 8.14. The first kappa shape index (κ1) is 23.2. The number of hydrogen-bond donors (Lipinski definition) is 2. The predicted molar refractivity (Wildman–Crippen MR) is 130 cm³/mol. The second-order valence-electron chi connectivity index (χ2n) is 8.30. The number of nitrogens with one attached hydrogen (secondary N) is 2. The van der Waals surface area contributed by atoms with Crippen LogP contribution in [0.25, 0.3) is 0 Å². The number of carbonyl (C=O) groups excluding carboxylic acids is 1. The lowest BCUT2D eigenvalue weighted by Gasteiger charge is -2.16. The van der Waals surface area contributed by atoms with Gasteiger partial charge in [0, 0.05) is 29.9 Å². The molecule has 2 N–H and O–H groups in total. The van der Waals surface area contributed by atoms with Crippen LogP contribution < -0.4 is 20.1 Å². The smallest absolute Gasteiger partial charge is 0.224 e. The molecule has 0 aliphatic carbocycles. The van der Waals surface area contributed by atoms with E-state index < -0.39 is 0 Å². The van der Waals surface area contributed by atoms with Gasteiger partial charge < -0.3 is 20.1 Å². The number of rotatable bonds is 10. The molecule has 168 valence electrons.